The molecule has 2 N–H and O–H groups in total. The van der Waals surface area contributed by atoms with Crippen LogP contribution in [0.15, 0.2) is 59.8 Å². The van der Waals surface area contributed by atoms with Crippen LogP contribution in [0.25, 0.3) is 5.82 Å². The molecule has 0 amide bonds. The zero-order valence-electron chi connectivity index (χ0n) is 13.4. The first-order valence-electron chi connectivity index (χ1n) is 7.62. The Balaban J connectivity index is 1.55. The average Bonchev–Trinajstić information content (AvgIpc) is 3.13. The summed E-state index contributed by atoms with van der Waals surface area (Å²) in [6, 6.07) is 10.0. The fourth-order valence-electron chi connectivity index (χ4n) is 2.23. The van der Waals surface area contributed by atoms with Crippen molar-refractivity contribution >= 4 is 15.8 Å². The van der Waals surface area contributed by atoms with Crippen molar-refractivity contribution in [1.29, 1.82) is 0 Å². The number of nitrogens with zero attached hydrogens (tertiary/aromatic N) is 3. The number of rotatable bonds is 7. The maximum atomic E-state index is 13.6. The van der Waals surface area contributed by atoms with E-state index in [1.807, 2.05) is 24.5 Å². The summed E-state index contributed by atoms with van der Waals surface area (Å²) in [6.45, 7) is 0.0734. The van der Waals surface area contributed by atoms with Gasteiger partial charge in [0, 0.05) is 25.5 Å². The van der Waals surface area contributed by atoms with Crippen molar-refractivity contribution in [1.82, 2.24) is 19.5 Å². The van der Waals surface area contributed by atoms with Crippen molar-refractivity contribution in [3.8, 4) is 5.82 Å². The molecule has 0 saturated heterocycles. The van der Waals surface area contributed by atoms with Gasteiger partial charge in [-0.15, -0.1) is 10.2 Å². The van der Waals surface area contributed by atoms with Gasteiger partial charge in [-0.25, -0.2) is 21.9 Å². The third kappa shape index (κ3) is 4.03. The quantitative estimate of drug-likeness (QED) is 0.613. The van der Waals surface area contributed by atoms with Gasteiger partial charge in [0.25, 0.3) is 0 Å². The van der Waals surface area contributed by atoms with E-state index in [2.05, 4.69) is 20.2 Å². The summed E-state index contributed by atoms with van der Waals surface area (Å²) in [6.07, 6.45) is 3.65. The lowest BCUT2D eigenvalue weighted by Crippen LogP contribution is -2.30. The van der Waals surface area contributed by atoms with E-state index in [0.29, 0.717) is 11.6 Å². The summed E-state index contributed by atoms with van der Waals surface area (Å²) >= 11 is 0. The highest BCUT2D eigenvalue weighted by Gasteiger charge is 2.23. The summed E-state index contributed by atoms with van der Waals surface area (Å²) in [5, 5.41) is 10.9. The van der Waals surface area contributed by atoms with Crippen LogP contribution < -0.4 is 10.0 Å². The Morgan fingerprint density at radius 3 is 2.23 bits per heavy atom. The fourth-order valence-corrected chi connectivity index (χ4v) is 3.40. The van der Waals surface area contributed by atoms with Crippen molar-refractivity contribution in [2.75, 3.05) is 18.4 Å². The SMILES string of the molecule is O=S(=O)(NCCNc1ccc(-n2cccc2)nn1)c1c(F)cccc1F. The molecular formula is C16H15F2N5O2S. The second-order valence-corrected chi connectivity index (χ2v) is 6.95. The van der Waals surface area contributed by atoms with E-state index in [0.717, 1.165) is 18.2 Å². The number of anilines is 1. The lowest BCUT2D eigenvalue weighted by molar-refractivity contribution is 0.514. The second-order valence-electron chi connectivity index (χ2n) is 5.24. The number of halogens is 2. The van der Waals surface area contributed by atoms with Crippen molar-refractivity contribution in [3.63, 3.8) is 0 Å². The molecule has 0 aliphatic carbocycles. The zero-order valence-corrected chi connectivity index (χ0v) is 14.2. The smallest absolute Gasteiger partial charge is 0.246 e. The third-order valence-corrected chi connectivity index (χ3v) is 4.94. The van der Waals surface area contributed by atoms with Crippen LogP contribution in [0, 0.1) is 11.6 Å². The van der Waals surface area contributed by atoms with Crippen LogP contribution in [0.5, 0.6) is 0 Å². The molecule has 3 rings (SSSR count). The van der Waals surface area contributed by atoms with Crippen molar-refractivity contribution < 1.29 is 17.2 Å². The van der Waals surface area contributed by atoms with Gasteiger partial charge in [0.05, 0.1) is 0 Å². The molecule has 0 bridgehead atoms. The molecule has 0 radical (unpaired) electrons. The fraction of sp³-hybridized carbons (Fsp3) is 0.125. The zero-order chi connectivity index (χ0) is 18.6. The van der Waals surface area contributed by atoms with Crippen molar-refractivity contribution in [3.05, 3.63) is 66.5 Å². The Labute approximate surface area is 148 Å². The predicted octanol–water partition coefficient (Wildman–Crippen LogP) is 1.94. The van der Waals surface area contributed by atoms with E-state index >= 15 is 0 Å². The second kappa shape index (κ2) is 7.58. The van der Waals surface area contributed by atoms with E-state index < -0.39 is 26.6 Å². The highest BCUT2D eigenvalue weighted by Crippen LogP contribution is 2.17. The molecule has 0 spiro atoms. The Morgan fingerprint density at radius 2 is 1.62 bits per heavy atom. The van der Waals surface area contributed by atoms with Gasteiger partial charge in [0.15, 0.2) is 10.7 Å². The van der Waals surface area contributed by atoms with Crippen LogP contribution in [0.3, 0.4) is 0 Å². The number of hydrogen-bond donors (Lipinski definition) is 2. The number of benzene rings is 1. The van der Waals surface area contributed by atoms with E-state index in [1.54, 1.807) is 16.7 Å². The van der Waals surface area contributed by atoms with Crippen LogP contribution in [0.1, 0.15) is 0 Å². The Hall–Kier alpha value is -2.85. The normalized spacial score (nSPS) is 11.5. The summed E-state index contributed by atoms with van der Waals surface area (Å²) < 4.78 is 55.1. The highest BCUT2D eigenvalue weighted by molar-refractivity contribution is 7.89. The highest BCUT2D eigenvalue weighted by atomic mass is 32.2. The molecule has 0 aliphatic heterocycles. The summed E-state index contributed by atoms with van der Waals surface area (Å²) in [5.41, 5.74) is 0. The topological polar surface area (TPSA) is 88.9 Å². The molecule has 7 nitrogen and oxygen atoms in total. The van der Waals surface area contributed by atoms with Gasteiger partial charge in [0.1, 0.15) is 17.5 Å². The minimum Gasteiger partial charge on any atom is -0.367 e. The predicted molar refractivity (Wildman–Crippen MR) is 91.4 cm³/mol. The number of aromatic nitrogens is 3. The monoisotopic (exact) mass is 379 g/mol. The molecule has 1 aromatic carbocycles. The Bertz CT molecular complexity index is 956. The molecule has 26 heavy (non-hydrogen) atoms. The van der Waals surface area contributed by atoms with E-state index in [9.17, 15) is 17.2 Å². The van der Waals surface area contributed by atoms with Gasteiger partial charge >= 0.3 is 0 Å². The van der Waals surface area contributed by atoms with Gasteiger partial charge < -0.3 is 9.88 Å². The van der Waals surface area contributed by atoms with Crippen LogP contribution in [0.4, 0.5) is 14.6 Å². The van der Waals surface area contributed by atoms with Crippen LogP contribution >= 0.6 is 0 Å². The molecule has 2 heterocycles. The molecule has 0 atom stereocenters. The van der Waals surface area contributed by atoms with Crippen LogP contribution in [-0.2, 0) is 10.0 Å². The lowest BCUT2D eigenvalue weighted by Gasteiger charge is -2.09. The molecule has 0 unspecified atom stereocenters. The van der Waals surface area contributed by atoms with Gasteiger partial charge in [-0.2, -0.15) is 0 Å². The molecule has 0 fully saturated rings. The first-order chi connectivity index (χ1) is 12.5. The van der Waals surface area contributed by atoms with Crippen molar-refractivity contribution in [2.24, 2.45) is 0 Å². The average molecular weight is 379 g/mol. The Morgan fingerprint density at radius 1 is 0.923 bits per heavy atom. The van der Waals surface area contributed by atoms with Gasteiger partial charge in [-0.05, 0) is 36.4 Å². The largest absolute Gasteiger partial charge is 0.367 e. The Kier molecular flexibility index (Phi) is 5.24. The maximum Gasteiger partial charge on any atom is 0.246 e. The molecule has 3 aromatic rings. The standard InChI is InChI=1S/C16H15F2N5O2S/c17-12-4-3-5-13(18)16(12)26(24,25)20-9-8-19-14-6-7-15(22-21-14)23-10-1-2-11-23/h1-7,10-11,20H,8-9H2,(H,19,21). The molecule has 0 saturated carbocycles. The molecule has 0 aliphatic rings. The summed E-state index contributed by atoms with van der Waals surface area (Å²) in [4.78, 5) is -0.990. The maximum absolute atomic E-state index is 13.6. The van der Waals surface area contributed by atoms with E-state index in [4.69, 9.17) is 0 Å². The minimum atomic E-state index is -4.29. The lowest BCUT2D eigenvalue weighted by atomic mass is 10.3. The first kappa shape index (κ1) is 18.0. The molecular weight excluding hydrogens is 364 g/mol. The summed E-state index contributed by atoms with van der Waals surface area (Å²) in [7, 11) is -4.29. The number of nitrogens with one attached hydrogen (secondary N) is 2. The van der Waals surface area contributed by atoms with Crippen LogP contribution in [0.2, 0.25) is 0 Å². The molecule has 136 valence electrons. The number of hydrogen-bond acceptors (Lipinski definition) is 5. The van der Waals surface area contributed by atoms with Gasteiger partial charge in [0.2, 0.25) is 10.0 Å². The first-order valence-corrected chi connectivity index (χ1v) is 9.10. The van der Waals surface area contributed by atoms with Gasteiger partial charge in [-0.1, -0.05) is 6.07 Å². The molecule has 2 aromatic heterocycles. The summed E-state index contributed by atoms with van der Waals surface area (Å²) in [5.74, 6) is -1.21. The van der Waals surface area contributed by atoms with Crippen molar-refractivity contribution in [2.45, 2.75) is 4.90 Å². The van der Waals surface area contributed by atoms with Crippen LogP contribution in [-0.4, -0.2) is 36.3 Å². The minimum absolute atomic E-state index is 0.0862. The molecule has 10 heteroatoms. The third-order valence-electron chi connectivity index (χ3n) is 3.43. The van der Waals surface area contributed by atoms with E-state index in [-0.39, 0.29) is 13.1 Å². The van der Waals surface area contributed by atoms with Gasteiger partial charge in [-0.3, -0.25) is 0 Å². The number of sulfonamides is 1. The van der Waals surface area contributed by atoms with E-state index in [1.165, 1.54) is 0 Å².